The molecule has 0 bridgehead atoms. The molecule has 0 radical (unpaired) electrons. The summed E-state index contributed by atoms with van der Waals surface area (Å²) >= 11 is 0. The average Bonchev–Trinajstić information content (AvgIpc) is 1.41. The Morgan fingerprint density at radius 3 is 0.910 bits per heavy atom. The van der Waals surface area contributed by atoms with Crippen LogP contribution in [-0.2, 0) is 85.3 Å². The van der Waals surface area contributed by atoms with E-state index in [1.807, 2.05) is 0 Å². The zero-order valence-corrected chi connectivity index (χ0v) is 57.4. The first-order valence-corrected chi connectivity index (χ1v) is 35.8. The summed E-state index contributed by atoms with van der Waals surface area (Å²) in [5.74, 6) is 0. The molecule has 0 aromatic heterocycles. The molecule has 3 N–H and O–H groups in total. The number of aliphatic hydroxyl groups excluding tert-OH is 3. The fraction of sp³-hybridized carbons (Fsp3) is 1.00. The van der Waals surface area contributed by atoms with Crippen molar-refractivity contribution < 1.29 is 101 Å². The largest absolute Gasteiger partial charge is 0.385 e. The Kier molecular flexibility index (Phi) is 45.0. The van der Waals surface area contributed by atoms with Crippen LogP contribution >= 0.6 is 0 Å². The van der Waals surface area contributed by atoms with E-state index in [0.717, 1.165) is 135 Å². The van der Waals surface area contributed by atoms with Gasteiger partial charge in [-0.1, -0.05) is 147 Å². The van der Waals surface area contributed by atoms with Crippen LogP contribution in [0, 0.1) is 0 Å². The lowest BCUT2D eigenvalue weighted by atomic mass is 9.95. The van der Waals surface area contributed by atoms with Crippen LogP contribution in [-0.4, -0.2) is 237 Å². The third-order valence-corrected chi connectivity index (χ3v) is 16.7. The molecule has 0 amide bonds. The van der Waals surface area contributed by atoms with E-state index in [2.05, 4.69) is 76.2 Å². The van der Waals surface area contributed by atoms with Crippen LogP contribution in [0.3, 0.4) is 0 Å². The van der Waals surface area contributed by atoms with E-state index in [9.17, 15) is 15.3 Å². The highest BCUT2D eigenvalue weighted by Gasteiger charge is 2.57. The Bertz CT molecular complexity index is 1640. The molecule has 21 heteroatoms. The molecule has 20 atom stereocenters. The van der Waals surface area contributed by atoms with Gasteiger partial charge in [-0.15, -0.1) is 0 Å². The van der Waals surface area contributed by atoms with Gasteiger partial charge in [0, 0.05) is 72.7 Å². The van der Waals surface area contributed by atoms with Gasteiger partial charge in [0.05, 0.1) is 26.4 Å². The molecule has 4 aliphatic rings. The van der Waals surface area contributed by atoms with Crippen molar-refractivity contribution in [1.82, 2.24) is 0 Å². The van der Waals surface area contributed by atoms with Crippen LogP contribution in [0.25, 0.3) is 0 Å². The highest BCUT2D eigenvalue weighted by molar-refractivity contribution is 5.00. The van der Waals surface area contributed by atoms with Crippen LogP contribution in [0.2, 0.25) is 0 Å². The van der Waals surface area contributed by atoms with E-state index in [1.165, 1.54) is 0 Å². The van der Waals surface area contributed by atoms with Crippen molar-refractivity contribution in [3.05, 3.63) is 0 Å². The molecule has 0 spiro atoms. The fourth-order valence-electron chi connectivity index (χ4n) is 11.1. The van der Waals surface area contributed by atoms with Gasteiger partial charge in [0.25, 0.3) is 0 Å². The first kappa shape index (κ1) is 80.6. The summed E-state index contributed by atoms with van der Waals surface area (Å²) in [6.07, 6.45) is -2.01. The van der Waals surface area contributed by atoms with Crippen molar-refractivity contribution in [1.29, 1.82) is 0 Å². The molecule has 528 valence electrons. The summed E-state index contributed by atoms with van der Waals surface area (Å²) in [7, 11) is 0. The molecular weight excluding hydrogens is 1150 g/mol. The molecule has 0 aromatic rings. The van der Waals surface area contributed by atoms with E-state index in [4.69, 9.17) is 85.3 Å². The van der Waals surface area contributed by atoms with E-state index in [0.29, 0.717) is 72.5 Å². The summed E-state index contributed by atoms with van der Waals surface area (Å²) in [5.41, 5.74) is 0. The topological polar surface area (TPSA) is 227 Å². The van der Waals surface area contributed by atoms with Gasteiger partial charge in [0.15, 0.2) is 25.2 Å². The van der Waals surface area contributed by atoms with Crippen molar-refractivity contribution in [3.8, 4) is 0 Å². The maximum absolute atomic E-state index is 12.8. The summed E-state index contributed by atoms with van der Waals surface area (Å²) in [5, 5.41) is 37.8. The SMILES string of the molecule is CCCCOCC1O[C@@H](OCC2O[C@H](O)C(OCCCC)[C@@H](O[C@@H]3OC(COCCCC)[C@@H](OCCCC)[C@H](OCCCC)C3OCCCC)[C@@H]2O[C@@H]2OC(COCCCC)[C@@H](OCCCC)[C@H](OCCCC)C2O)[C@@H](O)C(OCCCC)[C@@H]1OCCCC. The second-order valence-corrected chi connectivity index (χ2v) is 24.5. The van der Waals surface area contributed by atoms with Crippen LogP contribution in [0.4, 0.5) is 0 Å². The van der Waals surface area contributed by atoms with Crippen molar-refractivity contribution in [2.75, 3.05) is 99.1 Å². The lowest BCUT2D eigenvalue weighted by molar-refractivity contribution is -0.396. The van der Waals surface area contributed by atoms with Crippen molar-refractivity contribution >= 4 is 0 Å². The minimum absolute atomic E-state index is 0.131. The first-order chi connectivity index (χ1) is 43.5. The summed E-state index contributed by atoms with van der Waals surface area (Å²) in [6.45, 7) is 27.9. The second-order valence-electron chi connectivity index (χ2n) is 24.5. The molecule has 4 fully saturated rings. The standard InChI is InChI=1S/C68H130O21/c1-12-23-34-72-45-49-55(75-37-26-15-4)59(78-40-29-18-7)53(69)66(85-49)83-48-52-58(88-67-54(70)60(79-41-30-19-8)56(76-38-27-16-5)50(86-67)46-73-35-24-13-2)62(63(65(71)84-52)81-43-32-21-10)89-68-64(82-44-33-22-11)61(80-42-31-20-9)57(77-39-28-17-6)51(87-68)47-74-36-25-14-3/h49-71H,12-48H2,1-11H3/t49?,50?,51?,52?,53-,54?,55+,56+,57+,58+,59?,60+,61-,62-,63?,64?,65-,66+,67-,68-/m0/s1. The fourth-order valence-corrected chi connectivity index (χ4v) is 11.1. The number of aliphatic hydroxyl groups is 3. The number of rotatable bonds is 54. The third-order valence-electron chi connectivity index (χ3n) is 16.7. The van der Waals surface area contributed by atoms with Gasteiger partial charge in [-0.2, -0.15) is 0 Å². The molecule has 4 aliphatic heterocycles. The molecule has 4 saturated heterocycles. The van der Waals surface area contributed by atoms with Crippen LogP contribution in [0.5, 0.6) is 0 Å². The van der Waals surface area contributed by atoms with Gasteiger partial charge in [0.1, 0.15) is 97.7 Å². The minimum atomic E-state index is -1.62. The Hall–Kier alpha value is -0.840. The predicted octanol–water partition coefficient (Wildman–Crippen LogP) is 10.3. The van der Waals surface area contributed by atoms with E-state index >= 15 is 0 Å². The van der Waals surface area contributed by atoms with Gasteiger partial charge >= 0.3 is 0 Å². The van der Waals surface area contributed by atoms with Gasteiger partial charge < -0.3 is 101 Å². The third kappa shape index (κ3) is 28.0. The van der Waals surface area contributed by atoms with Crippen LogP contribution < -0.4 is 0 Å². The van der Waals surface area contributed by atoms with Gasteiger partial charge in [-0.25, -0.2) is 0 Å². The zero-order chi connectivity index (χ0) is 64.4. The smallest absolute Gasteiger partial charge is 0.187 e. The Morgan fingerprint density at radius 1 is 0.236 bits per heavy atom. The normalized spacial score (nSPS) is 32.7. The zero-order valence-electron chi connectivity index (χ0n) is 57.4. The maximum Gasteiger partial charge on any atom is 0.187 e. The quantitative estimate of drug-likeness (QED) is 0.0481. The van der Waals surface area contributed by atoms with E-state index in [-0.39, 0.29) is 33.0 Å². The van der Waals surface area contributed by atoms with Crippen LogP contribution in [0.1, 0.15) is 217 Å². The van der Waals surface area contributed by atoms with Crippen molar-refractivity contribution in [2.24, 2.45) is 0 Å². The van der Waals surface area contributed by atoms with Gasteiger partial charge in [-0.3, -0.25) is 0 Å². The molecule has 0 aliphatic carbocycles. The monoisotopic (exact) mass is 1280 g/mol. The lowest BCUT2D eigenvalue weighted by Crippen LogP contribution is -2.68. The average molecular weight is 1280 g/mol. The summed E-state index contributed by atoms with van der Waals surface area (Å²) in [4.78, 5) is 0. The van der Waals surface area contributed by atoms with Gasteiger partial charge in [-0.05, 0) is 70.6 Å². The molecule has 4 heterocycles. The maximum atomic E-state index is 12.8. The number of unbranched alkanes of at least 4 members (excludes halogenated alkanes) is 11. The number of hydrogen-bond acceptors (Lipinski definition) is 21. The molecule has 0 aromatic carbocycles. The Balaban J connectivity index is 1.96. The first-order valence-electron chi connectivity index (χ1n) is 35.8. The Morgan fingerprint density at radius 2 is 0.517 bits per heavy atom. The van der Waals surface area contributed by atoms with Gasteiger partial charge in [0.2, 0.25) is 0 Å². The minimum Gasteiger partial charge on any atom is -0.385 e. The highest BCUT2D eigenvalue weighted by Crippen LogP contribution is 2.39. The molecule has 8 unspecified atom stereocenters. The van der Waals surface area contributed by atoms with Crippen LogP contribution in [0.15, 0.2) is 0 Å². The summed E-state index contributed by atoms with van der Waals surface area (Å²) < 4.78 is 122. The lowest BCUT2D eigenvalue weighted by Gasteiger charge is -2.51. The second kappa shape index (κ2) is 49.6. The highest BCUT2D eigenvalue weighted by atomic mass is 16.8. The van der Waals surface area contributed by atoms with Crippen molar-refractivity contribution in [2.45, 2.75) is 340 Å². The Labute approximate surface area is 538 Å². The van der Waals surface area contributed by atoms with E-state index < -0.39 is 123 Å². The summed E-state index contributed by atoms with van der Waals surface area (Å²) in [6, 6.07) is 0. The van der Waals surface area contributed by atoms with E-state index in [1.54, 1.807) is 0 Å². The number of hydrogen-bond donors (Lipinski definition) is 3. The number of ether oxygens (including phenoxy) is 18. The van der Waals surface area contributed by atoms with Crippen molar-refractivity contribution in [3.63, 3.8) is 0 Å². The molecule has 0 saturated carbocycles. The molecule has 21 nitrogen and oxygen atoms in total. The molecule has 89 heavy (non-hydrogen) atoms. The molecule has 4 rings (SSSR count). The molecular formula is C68H130O21. The predicted molar refractivity (Wildman–Crippen MR) is 339 cm³/mol.